The minimum absolute atomic E-state index is 0.217. The quantitative estimate of drug-likeness (QED) is 0.388. The first-order valence-electron chi connectivity index (χ1n) is 13.6. The Morgan fingerprint density at radius 1 is 0.868 bits per heavy atom. The summed E-state index contributed by atoms with van der Waals surface area (Å²) in [6, 6.07) is 16.4. The van der Waals surface area contributed by atoms with E-state index in [1.54, 1.807) is 0 Å². The number of hydrogen-bond acceptors (Lipinski definition) is 6. The largest absolute Gasteiger partial charge is 0.321 e. The number of fused-ring (bicyclic) bond motifs is 1. The van der Waals surface area contributed by atoms with Gasteiger partial charge in [0.1, 0.15) is 0 Å². The number of likely N-dealkylation sites (tertiary alicyclic amines) is 1. The molecule has 2 aliphatic rings. The van der Waals surface area contributed by atoms with Crippen LogP contribution in [0.4, 0.5) is 5.69 Å². The maximum absolute atomic E-state index is 13.3. The number of nitrogens with zero attached hydrogens (tertiary/aromatic N) is 5. The van der Waals surface area contributed by atoms with Gasteiger partial charge in [0, 0.05) is 68.3 Å². The molecule has 0 saturated carbocycles. The second-order valence-corrected chi connectivity index (χ2v) is 10.6. The molecule has 0 radical (unpaired) electrons. The zero-order chi connectivity index (χ0) is 25.9. The number of H-pyrrole nitrogens is 1. The molecule has 2 aliphatic heterocycles. The Labute approximate surface area is 223 Å². The lowest BCUT2D eigenvalue weighted by atomic mass is 10.0. The lowest BCUT2D eigenvalue weighted by Crippen LogP contribution is -2.43. The monoisotopic (exact) mass is 509 g/mol. The van der Waals surface area contributed by atoms with Crippen molar-refractivity contribution in [2.75, 3.05) is 51.6 Å². The number of aromatic amines is 1. The topological polar surface area (TPSA) is 80.4 Å². The summed E-state index contributed by atoms with van der Waals surface area (Å²) < 4.78 is 0. The van der Waals surface area contributed by atoms with E-state index in [1.165, 1.54) is 24.0 Å². The highest BCUT2D eigenvalue weighted by atomic mass is 16.1. The zero-order valence-electron chi connectivity index (χ0n) is 22.0. The highest BCUT2D eigenvalue weighted by molar-refractivity contribution is 6.11. The zero-order valence-corrected chi connectivity index (χ0v) is 22.0. The second kappa shape index (κ2) is 11.0. The van der Waals surface area contributed by atoms with Crippen LogP contribution in [0.5, 0.6) is 0 Å². The van der Waals surface area contributed by atoms with Gasteiger partial charge in [-0.25, -0.2) is 0 Å². The number of likely N-dealkylation sites (N-methyl/N-ethyl adjacent to an activating group) is 1. The van der Waals surface area contributed by atoms with Crippen LogP contribution in [0.3, 0.4) is 0 Å². The highest BCUT2D eigenvalue weighted by Gasteiger charge is 2.18. The molecule has 0 bridgehead atoms. The number of benzene rings is 2. The minimum atomic E-state index is -0.217. The first-order chi connectivity index (χ1) is 18.6. The molecule has 0 spiro atoms. The van der Waals surface area contributed by atoms with E-state index in [0.717, 1.165) is 80.1 Å². The number of hydrogen-bond donors (Lipinski definition) is 2. The number of nitrogens with one attached hydrogen (secondary N) is 2. The Balaban J connectivity index is 1.18. The Bertz CT molecular complexity index is 1420. The summed E-state index contributed by atoms with van der Waals surface area (Å²) in [4.78, 5) is 25.1. The lowest BCUT2D eigenvalue weighted by Gasteiger charge is -2.32. The van der Waals surface area contributed by atoms with Crippen LogP contribution in [-0.4, -0.2) is 82.1 Å². The van der Waals surface area contributed by atoms with Crippen molar-refractivity contribution in [2.24, 2.45) is 0 Å². The third kappa shape index (κ3) is 5.62. The smallest absolute Gasteiger partial charge is 0.276 e. The van der Waals surface area contributed by atoms with Gasteiger partial charge in [-0.15, -0.1) is 0 Å². The highest BCUT2D eigenvalue weighted by Crippen LogP contribution is 2.27. The fourth-order valence-corrected chi connectivity index (χ4v) is 5.50. The Hall–Kier alpha value is -3.59. The maximum Gasteiger partial charge on any atom is 0.276 e. The third-order valence-corrected chi connectivity index (χ3v) is 7.70. The molecule has 2 aromatic carbocycles. The fourth-order valence-electron chi connectivity index (χ4n) is 5.50. The van der Waals surface area contributed by atoms with Crippen LogP contribution in [0.1, 0.15) is 34.5 Å². The Morgan fingerprint density at radius 2 is 1.66 bits per heavy atom. The third-order valence-electron chi connectivity index (χ3n) is 7.70. The molecule has 2 aromatic heterocycles. The fraction of sp³-hybridized carbons (Fsp3) is 0.367. The van der Waals surface area contributed by atoms with E-state index in [0.29, 0.717) is 5.69 Å². The standard InChI is InChI=1S/C30H35N7O/c1-35-11-13-37(14-12-35)20-22-5-4-6-26(16-22)32-30(38)29-27-17-24(7-8-28(27)33-34-29)25-15-23(18-31-19-25)21-36-9-2-3-10-36/h4-8,15-19H,2-3,9-14,20-21H2,1H3,(H,32,38)(H,33,34). The van der Waals surface area contributed by atoms with Crippen molar-refractivity contribution in [3.8, 4) is 11.1 Å². The van der Waals surface area contributed by atoms with E-state index >= 15 is 0 Å². The molecule has 196 valence electrons. The number of piperazine rings is 1. The van der Waals surface area contributed by atoms with Crippen LogP contribution in [-0.2, 0) is 13.1 Å². The average molecular weight is 510 g/mol. The molecule has 2 N–H and O–H groups in total. The average Bonchev–Trinajstić information content (AvgIpc) is 3.60. The van der Waals surface area contributed by atoms with Crippen molar-refractivity contribution in [1.82, 2.24) is 29.9 Å². The number of aromatic nitrogens is 3. The molecule has 1 amide bonds. The van der Waals surface area contributed by atoms with Crippen LogP contribution in [0.2, 0.25) is 0 Å². The second-order valence-electron chi connectivity index (χ2n) is 10.6. The molecule has 4 heterocycles. The van der Waals surface area contributed by atoms with Crippen LogP contribution >= 0.6 is 0 Å². The Kier molecular flexibility index (Phi) is 7.18. The maximum atomic E-state index is 13.3. The summed E-state index contributed by atoms with van der Waals surface area (Å²) in [5.41, 5.74) is 6.50. The molecule has 2 saturated heterocycles. The molecule has 0 unspecified atom stereocenters. The molecule has 6 rings (SSSR count). The molecule has 0 atom stereocenters. The van der Waals surface area contributed by atoms with Gasteiger partial charge in [0.2, 0.25) is 0 Å². The number of carbonyl (C=O) groups is 1. The van der Waals surface area contributed by atoms with Gasteiger partial charge in [0.25, 0.3) is 5.91 Å². The van der Waals surface area contributed by atoms with E-state index in [9.17, 15) is 4.79 Å². The number of rotatable bonds is 7. The molecule has 8 heteroatoms. The minimum Gasteiger partial charge on any atom is -0.321 e. The summed E-state index contributed by atoms with van der Waals surface area (Å²) in [6.45, 7) is 8.42. The van der Waals surface area contributed by atoms with Gasteiger partial charge < -0.3 is 10.2 Å². The van der Waals surface area contributed by atoms with Gasteiger partial charge in [-0.2, -0.15) is 5.10 Å². The molecule has 38 heavy (non-hydrogen) atoms. The number of amides is 1. The van der Waals surface area contributed by atoms with Gasteiger partial charge in [-0.05, 0) is 80.0 Å². The van der Waals surface area contributed by atoms with Gasteiger partial charge in [0.15, 0.2) is 5.69 Å². The summed E-state index contributed by atoms with van der Waals surface area (Å²) in [5, 5.41) is 11.2. The van der Waals surface area contributed by atoms with Crippen molar-refractivity contribution >= 4 is 22.5 Å². The molecule has 8 nitrogen and oxygen atoms in total. The van der Waals surface area contributed by atoms with Gasteiger partial charge >= 0.3 is 0 Å². The van der Waals surface area contributed by atoms with Crippen molar-refractivity contribution in [2.45, 2.75) is 25.9 Å². The van der Waals surface area contributed by atoms with Crippen LogP contribution in [0, 0.1) is 0 Å². The normalized spacial score (nSPS) is 17.3. The summed E-state index contributed by atoms with van der Waals surface area (Å²) in [7, 11) is 2.17. The van der Waals surface area contributed by atoms with Crippen LogP contribution in [0.15, 0.2) is 60.9 Å². The number of carbonyl (C=O) groups excluding carboxylic acids is 1. The molecule has 2 fully saturated rings. The molecular formula is C30H35N7O. The number of anilines is 1. The molecule has 4 aromatic rings. The summed E-state index contributed by atoms with van der Waals surface area (Å²) in [5.74, 6) is -0.217. The van der Waals surface area contributed by atoms with E-state index in [2.05, 4.69) is 66.5 Å². The number of pyridine rings is 1. The molecular weight excluding hydrogens is 474 g/mol. The summed E-state index contributed by atoms with van der Waals surface area (Å²) >= 11 is 0. The Morgan fingerprint density at radius 3 is 2.50 bits per heavy atom. The first-order valence-corrected chi connectivity index (χ1v) is 13.6. The van der Waals surface area contributed by atoms with E-state index in [-0.39, 0.29) is 5.91 Å². The van der Waals surface area contributed by atoms with E-state index in [4.69, 9.17) is 0 Å². The van der Waals surface area contributed by atoms with Crippen LogP contribution < -0.4 is 5.32 Å². The van der Waals surface area contributed by atoms with Gasteiger partial charge in [0.05, 0.1) is 5.52 Å². The predicted molar refractivity (Wildman–Crippen MR) is 151 cm³/mol. The van der Waals surface area contributed by atoms with Crippen molar-refractivity contribution in [3.05, 3.63) is 77.7 Å². The SMILES string of the molecule is CN1CCN(Cc2cccc(NC(=O)c3n[nH]c4ccc(-c5cncc(CN6CCCC6)c5)cc34)c2)CC1. The van der Waals surface area contributed by atoms with Crippen molar-refractivity contribution in [1.29, 1.82) is 0 Å². The van der Waals surface area contributed by atoms with Crippen molar-refractivity contribution in [3.63, 3.8) is 0 Å². The van der Waals surface area contributed by atoms with E-state index < -0.39 is 0 Å². The lowest BCUT2D eigenvalue weighted by molar-refractivity contribution is 0.102. The van der Waals surface area contributed by atoms with E-state index in [1.807, 2.05) is 36.7 Å². The van der Waals surface area contributed by atoms with Crippen LogP contribution in [0.25, 0.3) is 22.0 Å². The first kappa shape index (κ1) is 24.7. The molecule has 0 aliphatic carbocycles. The predicted octanol–water partition coefficient (Wildman–Crippen LogP) is 4.22. The van der Waals surface area contributed by atoms with Gasteiger partial charge in [-0.1, -0.05) is 18.2 Å². The van der Waals surface area contributed by atoms with Crippen molar-refractivity contribution < 1.29 is 4.79 Å². The van der Waals surface area contributed by atoms with Gasteiger partial charge in [-0.3, -0.25) is 24.7 Å². The summed E-state index contributed by atoms with van der Waals surface area (Å²) in [6.07, 6.45) is 6.39.